The zero-order chi connectivity index (χ0) is 25.8. The molecule has 0 aliphatic carbocycles. The minimum atomic E-state index is -0.641. The summed E-state index contributed by atoms with van der Waals surface area (Å²) in [6, 6.07) is 14.5. The fourth-order valence-corrected chi connectivity index (χ4v) is 5.04. The molecular weight excluding hydrogens is 474 g/mol. The topological polar surface area (TPSA) is 73.1 Å². The van der Waals surface area contributed by atoms with Crippen molar-refractivity contribution in [2.24, 2.45) is 4.99 Å². The second kappa shape index (κ2) is 10.7. The Bertz CT molecular complexity index is 1520. The van der Waals surface area contributed by atoms with Gasteiger partial charge in [0, 0.05) is 19.8 Å². The van der Waals surface area contributed by atoms with E-state index in [1.54, 1.807) is 30.5 Å². The molecule has 1 atom stereocenters. The van der Waals surface area contributed by atoms with Gasteiger partial charge in [0.25, 0.3) is 5.56 Å². The van der Waals surface area contributed by atoms with Gasteiger partial charge in [0.15, 0.2) is 4.80 Å². The normalized spacial score (nSPS) is 15.1. The van der Waals surface area contributed by atoms with E-state index in [1.165, 1.54) is 11.3 Å². The van der Waals surface area contributed by atoms with Gasteiger partial charge in [-0.2, -0.15) is 0 Å². The third kappa shape index (κ3) is 4.97. The average Bonchev–Trinajstić information content (AvgIpc) is 3.17. The van der Waals surface area contributed by atoms with E-state index in [4.69, 9.17) is 15.9 Å². The summed E-state index contributed by atoms with van der Waals surface area (Å²) in [5.41, 5.74) is 3.34. The number of ether oxygens (including phenoxy) is 2. The minimum absolute atomic E-state index is 0.190. The Kier molecular flexibility index (Phi) is 7.41. The van der Waals surface area contributed by atoms with Gasteiger partial charge in [-0.3, -0.25) is 9.36 Å². The Hall–Kier alpha value is -4.09. The van der Waals surface area contributed by atoms with Crippen molar-refractivity contribution in [3.05, 3.63) is 90.6 Å². The molecule has 8 heteroatoms. The van der Waals surface area contributed by atoms with E-state index in [1.807, 2.05) is 61.5 Å². The van der Waals surface area contributed by atoms with Gasteiger partial charge in [0.1, 0.15) is 12.4 Å². The van der Waals surface area contributed by atoms with Gasteiger partial charge in [-0.15, -0.1) is 6.42 Å². The quantitative estimate of drug-likeness (QED) is 0.368. The van der Waals surface area contributed by atoms with Crippen molar-refractivity contribution in [1.29, 1.82) is 0 Å². The zero-order valence-corrected chi connectivity index (χ0v) is 21.5. The van der Waals surface area contributed by atoms with Crippen LogP contribution < -0.4 is 24.5 Å². The first-order chi connectivity index (χ1) is 17.3. The molecule has 0 N–H and O–H groups in total. The van der Waals surface area contributed by atoms with Gasteiger partial charge < -0.3 is 14.4 Å². The van der Waals surface area contributed by atoms with Crippen LogP contribution in [-0.2, 0) is 9.53 Å². The summed E-state index contributed by atoms with van der Waals surface area (Å²) >= 11 is 1.29. The Morgan fingerprint density at radius 3 is 2.50 bits per heavy atom. The van der Waals surface area contributed by atoms with Crippen molar-refractivity contribution in [3.63, 3.8) is 0 Å². The Morgan fingerprint density at radius 2 is 1.89 bits per heavy atom. The molecule has 1 aromatic heterocycles. The van der Waals surface area contributed by atoms with Crippen LogP contribution in [-0.4, -0.2) is 37.8 Å². The molecule has 4 rings (SSSR count). The van der Waals surface area contributed by atoms with E-state index in [0.29, 0.717) is 26.4 Å². The summed E-state index contributed by atoms with van der Waals surface area (Å²) in [4.78, 5) is 33.8. The van der Waals surface area contributed by atoms with Crippen molar-refractivity contribution in [3.8, 4) is 18.1 Å². The molecule has 36 heavy (non-hydrogen) atoms. The van der Waals surface area contributed by atoms with Crippen molar-refractivity contribution in [1.82, 2.24) is 4.57 Å². The summed E-state index contributed by atoms with van der Waals surface area (Å²) in [5.74, 6) is 2.61. The highest BCUT2D eigenvalue weighted by atomic mass is 32.1. The molecule has 0 bridgehead atoms. The second-order valence-electron chi connectivity index (χ2n) is 8.35. The summed E-state index contributed by atoms with van der Waals surface area (Å²) in [5, 5.41) is 0. The number of rotatable bonds is 7. The van der Waals surface area contributed by atoms with Gasteiger partial charge in [-0.25, -0.2) is 9.79 Å². The molecule has 0 saturated carbocycles. The number of esters is 1. The van der Waals surface area contributed by atoms with Crippen LogP contribution >= 0.6 is 11.3 Å². The number of terminal acetylenes is 1. The molecule has 0 saturated heterocycles. The number of nitrogens with zero attached hydrogens (tertiary/aromatic N) is 3. The molecular formula is C28H27N3O4S. The third-order valence-electron chi connectivity index (χ3n) is 5.74. The van der Waals surface area contributed by atoms with Gasteiger partial charge in [-0.1, -0.05) is 41.5 Å². The predicted octanol–water partition coefficient (Wildman–Crippen LogP) is 2.88. The van der Waals surface area contributed by atoms with Crippen LogP contribution in [0.15, 0.2) is 69.6 Å². The van der Waals surface area contributed by atoms with Crippen LogP contribution in [0, 0.1) is 12.3 Å². The molecule has 1 aliphatic heterocycles. The van der Waals surface area contributed by atoms with E-state index in [0.717, 1.165) is 16.8 Å². The highest BCUT2D eigenvalue weighted by molar-refractivity contribution is 7.07. The third-order valence-corrected chi connectivity index (χ3v) is 6.73. The molecule has 0 unspecified atom stereocenters. The monoisotopic (exact) mass is 501 g/mol. The maximum Gasteiger partial charge on any atom is 0.338 e. The van der Waals surface area contributed by atoms with Gasteiger partial charge in [0.2, 0.25) is 0 Å². The lowest BCUT2D eigenvalue weighted by Gasteiger charge is -2.25. The summed E-state index contributed by atoms with van der Waals surface area (Å²) in [7, 11) is 3.92. The molecule has 2 aromatic carbocycles. The lowest BCUT2D eigenvalue weighted by Crippen LogP contribution is -2.39. The molecule has 2 heterocycles. The number of hydrogen-bond donors (Lipinski definition) is 0. The number of allylic oxidation sites excluding steroid dienone is 1. The molecule has 0 amide bonds. The first kappa shape index (κ1) is 25.0. The standard InChI is InChI=1S/C28H27N3O4S/c1-6-16-35-22-14-8-19(9-15-22)17-23-26(32)31-25(20-10-12-21(13-11-20)30(4)5)24(27(33)34-7-2)18(3)29-28(31)36-23/h1,8-15,17,25H,7,16H2,2-5H3/b23-17-/t25-/m0/s1. The Morgan fingerprint density at radius 1 is 1.19 bits per heavy atom. The molecule has 3 aromatic rings. The summed E-state index contributed by atoms with van der Waals surface area (Å²) < 4.78 is 12.9. The van der Waals surface area contributed by atoms with E-state index in [9.17, 15) is 9.59 Å². The average molecular weight is 502 g/mol. The molecule has 0 radical (unpaired) electrons. The Labute approximate surface area is 213 Å². The van der Waals surface area contributed by atoms with Gasteiger partial charge >= 0.3 is 5.97 Å². The van der Waals surface area contributed by atoms with Crippen LogP contribution in [0.25, 0.3) is 6.08 Å². The molecule has 7 nitrogen and oxygen atoms in total. The smallest absolute Gasteiger partial charge is 0.338 e. The number of aromatic nitrogens is 1. The zero-order valence-electron chi connectivity index (χ0n) is 20.6. The number of carbonyl (C=O) groups excluding carboxylic acids is 1. The van der Waals surface area contributed by atoms with Crippen LogP contribution in [0.4, 0.5) is 5.69 Å². The largest absolute Gasteiger partial charge is 0.481 e. The van der Waals surface area contributed by atoms with Crippen LogP contribution in [0.3, 0.4) is 0 Å². The van der Waals surface area contributed by atoms with Gasteiger partial charge in [0.05, 0.1) is 28.5 Å². The van der Waals surface area contributed by atoms with E-state index < -0.39 is 12.0 Å². The van der Waals surface area contributed by atoms with Crippen molar-refractivity contribution >= 4 is 29.1 Å². The summed E-state index contributed by atoms with van der Waals surface area (Å²) in [6.07, 6.45) is 7.05. The highest BCUT2D eigenvalue weighted by Gasteiger charge is 2.33. The van der Waals surface area contributed by atoms with E-state index in [2.05, 4.69) is 10.9 Å². The maximum atomic E-state index is 13.7. The SMILES string of the molecule is C#CCOc1ccc(/C=c2\sc3n(c2=O)[C@@H](c2ccc(N(C)C)cc2)C(C(=O)OCC)=C(C)N=3)cc1. The lowest BCUT2D eigenvalue weighted by molar-refractivity contribution is -0.139. The second-order valence-corrected chi connectivity index (χ2v) is 9.36. The predicted molar refractivity (Wildman–Crippen MR) is 142 cm³/mol. The van der Waals surface area contributed by atoms with Crippen LogP contribution in [0.1, 0.15) is 31.0 Å². The van der Waals surface area contributed by atoms with Crippen molar-refractivity contribution in [2.75, 3.05) is 32.2 Å². The van der Waals surface area contributed by atoms with E-state index >= 15 is 0 Å². The lowest BCUT2D eigenvalue weighted by atomic mass is 9.95. The Balaban J connectivity index is 1.84. The molecule has 0 spiro atoms. The molecule has 1 aliphatic rings. The molecule has 184 valence electrons. The number of hydrogen-bond acceptors (Lipinski definition) is 7. The number of fused-ring (bicyclic) bond motifs is 1. The van der Waals surface area contributed by atoms with Crippen LogP contribution in [0.2, 0.25) is 0 Å². The number of anilines is 1. The van der Waals surface area contributed by atoms with E-state index in [-0.39, 0.29) is 18.8 Å². The van der Waals surface area contributed by atoms with Crippen LogP contribution in [0.5, 0.6) is 5.75 Å². The maximum absolute atomic E-state index is 13.7. The minimum Gasteiger partial charge on any atom is -0.481 e. The first-order valence-electron chi connectivity index (χ1n) is 11.5. The first-order valence-corrected chi connectivity index (χ1v) is 12.3. The highest BCUT2D eigenvalue weighted by Crippen LogP contribution is 2.31. The number of benzene rings is 2. The van der Waals surface area contributed by atoms with Crippen molar-refractivity contribution < 1.29 is 14.3 Å². The number of carbonyl (C=O) groups is 1. The fourth-order valence-electron chi connectivity index (χ4n) is 4.00. The molecule has 0 fully saturated rings. The fraction of sp³-hybridized carbons (Fsp3) is 0.250. The van der Waals surface area contributed by atoms with Gasteiger partial charge in [-0.05, 0) is 55.3 Å². The number of thiazole rings is 1. The van der Waals surface area contributed by atoms with Crippen molar-refractivity contribution in [2.45, 2.75) is 19.9 Å². The summed E-state index contributed by atoms with van der Waals surface area (Å²) in [6.45, 7) is 3.95.